The number of hydrogen-bond donors (Lipinski definition) is 1. The summed E-state index contributed by atoms with van der Waals surface area (Å²) < 4.78 is 10.5. The number of Topliss-reactive ketones (excluding diaryl/α,β-unsaturated/α-hetero) is 1. The second-order valence-electron chi connectivity index (χ2n) is 6.65. The molecule has 0 spiro atoms. The Kier molecular flexibility index (Phi) is 4.91. The molecule has 2 heterocycles. The molecule has 1 saturated heterocycles. The van der Waals surface area contributed by atoms with E-state index in [1.54, 1.807) is 43.5 Å². The standard InChI is InChI=1S/C23H19NO5/c1-28-17-11-9-16(10-12-17)21(25)19-20(15-6-3-2-4-7-15)24(23(27)22(19)26)14-18-8-5-13-29-18/h2-13,20,25H,14H2,1H3/b21-19+/t20-/m1/s1. The van der Waals surface area contributed by atoms with E-state index in [0.717, 1.165) is 5.56 Å². The number of methoxy groups -OCH3 is 1. The zero-order valence-electron chi connectivity index (χ0n) is 15.7. The van der Waals surface area contributed by atoms with Crippen LogP contribution >= 0.6 is 0 Å². The maximum atomic E-state index is 12.9. The molecular weight excluding hydrogens is 370 g/mol. The van der Waals surface area contributed by atoms with Crippen LogP contribution in [0.2, 0.25) is 0 Å². The maximum Gasteiger partial charge on any atom is 0.296 e. The van der Waals surface area contributed by atoms with Crippen LogP contribution in [0.4, 0.5) is 0 Å². The van der Waals surface area contributed by atoms with E-state index in [4.69, 9.17) is 9.15 Å². The number of likely N-dealkylation sites (tertiary alicyclic amines) is 1. The molecule has 29 heavy (non-hydrogen) atoms. The monoisotopic (exact) mass is 389 g/mol. The first kappa shape index (κ1) is 18.6. The first-order valence-corrected chi connectivity index (χ1v) is 9.10. The Morgan fingerprint density at radius 3 is 2.38 bits per heavy atom. The van der Waals surface area contributed by atoms with E-state index < -0.39 is 17.7 Å². The molecule has 0 unspecified atom stereocenters. The van der Waals surface area contributed by atoms with Crippen molar-refractivity contribution in [3.63, 3.8) is 0 Å². The molecule has 1 aliphatic heterocycles. The summed E-state index contributed by atoms with van der Waals surface area (Å²) in [7, 11) is 1.55. The van der Waals surface area contributed by atoms with Gasteiger partial charge in [-0.1, -0.05) is 30.3 Å². The Bertz CT molecular complexity index is 1050. The molecule has 1 N–H and O–H groups in total. The second-order valence-corrected chi connectivity index (χ2v) is 6.65. The summed E-state index contributed by atoms with van der Waals surface area (Å²) in [6.45, 7) is 0.122. The number of hydrogen-bond acceptors (Lipinski definition) is 5. The van der Waals surface area contributed by atoms with Gasteiger partial charge in [0.05, 0.1) is 31.5 Å². The highest BCUT2D eigenvalue weighted by molar-refractivity contribution is 6.46. The van der Waals surface area contributed by atoms with E-state index in [-0.39, 0.29) is 17.9 Å². The number of furan rings is 1. The number of benzene rings is 2. The predicted molar refractivity (Wildman–Crippen MR) is 106 cm³/mol. The summed E-state index contributed by atoms with van der Waals surface area (Å²) in [5.41, 5.74) is 1.22. The van der Waals surface area contributed by atoms with Gasteiger partial charge in [-0.2, -0.15) is 0 Å². The number of carbonyl (C=O) groups excluding carboxylic acids is 2. The van der Waals surface area contributed by atoms with Gasteiger partial charge in [-0.15, -0.1) is 0 Å². The van der Waals surface area contributed by atoms with E-state index in [0.29, 0.717) is 17.1 Å². The average molecular weight is 389 g/mol. The molecule has 3 aromatic rings. The van der Waals surface area contributed by atoms with Crippen LogP contribution in [-0.2, 0) is 16.1 Å². The summed E-state index contributed by atoms with van der Waals surface area (Å²) in [6.07, 6.45) is 1.51. The first-order chi connectivity index (χ1) is 14.1. The molecule has 1 aliphatic rings. The quantitative estimate of drug-likeness (QED) is 0.407. The van der Waals surface area contributed by atoms with Gasteiger partial charge < -0.3 is 19.2 Å². The molecule has 0 radical (unpaired) electrons. The van der Waals surface area contributed by atoms with Gasteiger partial charge in [-0.05, 0) is 42.0 Å². The minimum Gasteiger partial charge on any atom is -0.507 e. The number of ketones is 1. The molecule has 1 amide bonds. The summed E-state index contributed by atoms with van der Waals surface area (Å²) in [5.74, 6) is -0.442. The van der Waals surface area contributed by atoms with Gasteiger partial charge >= 0.3 is 0 Å². The third-order valence-electron chi connectivity index (χ3n) is 4.93. The van der Waals surface area contributed by atoms with Gasteiger partial charge in [0.25, 0.3) is 11.7 Å². The Morgan fingerprint density at radius 2 is 1.76 bits per heavy atom. The van der Waals surface area contributed by atoms with E-state index in [1.807, 2.05) is 30.3 Å². The van der Waals surface area contributed by atoms with Gasteiger partial charge in [0.2, 0.25) is 0 Å². The van der Waals surface area contributed by atoms with Crippen molar-refractivity contribution in [2.45, 2.75) is 12.6 Å². The molecule has 1 aromatic heterocycles. The van der Waals surface area contributed by atoms with Crippen molar-refractivity contribution in [1.29, 1.82) is 0 Å². The average Bonchev–Trinajstić information content (AvgIpc) is 3.36. The lowest BCUT2D eigenvalue weighted by atomic mass is 9.95. The predicted octanol–water partition coefficient (Wildman–Crippen LogP) is 3.91. The Balaban J connectivity index is 1.83. The number of aliphatic hydroxyl groups is 1. The molecule has 0 saturated carbocycles. The Hall–Kier alpha value is -3.80. The molecule has 2 aromatic carbocycles. The van der Waals surface area contributed by atoms with Crippen LogP contribution in [0.1, 0.15) is 22.9 Å². The SMILES string of the molecule is COc1ccc(/C(O)=C2\C(=O)C(=O)N(Cc3ccco3)[C@@H]2c2ccccc2)cc1. The van der Waals surface area contributed by atoms with Crippen molar-refractivity contribution in [2.24, 2.45) is 0 Å². The maximum absolute atomic E-state index is 12.9. The largest absolute Gasteiger partial charge is 0.507 e. The van der Waals surface area contributed by atoms with E-state index in [9.17, 15) is 14.7 Å². The lowest BCUT2D eigenvalue weighted by Crippen LogP contribution is -2.29. The molecule has 0 bridgehead atoms. The van der Waals surface area contributed by atoms with Crippen molar-refractivity contribution in [3.05, 3.63) is 95.5 Å². The van der Waals surface area contributed by atoms with Crippen molar-refractivity contribution in [3.8, 4) is 5.75 Å². The number of ether oxygens (including phenoxy) is 1. The number of amides is 1. The van der Waals surface area contributed by atoms with Crippen molar-refractivity contribution >= 4 is 17.4 Å². The zero-order valence-corrected chi connectivity index (χ0v) is 15.7. The fourth-order valence-electron chi connectivity index (χ4n) is 3.50. The van der Waals surface area contributed by atoms with Gasteiger partial charge in [0.1, 0.15) is 17.3 Å². The molecule has 1 atom stereocenters. The third kappa shape index (κ3) is 3.40. The highest BCUT2D eigenvalue weighted by Gasteiger charge is 2.46. The fourth-order valence-corrected chi connectivity index (χ4v) is 3.50. The van der Waals surface area contributed by atoms with E-state index >= 15 is 0 Å². The van der Waals surface area contributed by atoms with Crippen LogP contribution in [0.3, 0.4) is 0 Å². The minimum absolute atomic E-state index is 0.0536. The number of aliphatic hydroxyl groups excluding tert-OH is 1. The third-order valence-corrected chi connectivity index (χ3v) is 4.93. The molecule has 1 fully saturated rings. The molecule has 6 heteroatoms. The zero-order chi connectivity index (χ0) is 20.4. The highest BCUT2D eigenvalue weighted by atomic mass is 16.5. The topological polar surface area (TPSA) is 80.0 Å². The number of carbonyl (C=O) groups is 2. The van der Waals surface area contributed by atoms with Crippen molar-refractivity contribution in [2.75, 3.05) is 7.11 Å². The Morgan fingerprint density at radius 1 is 1.03 bits per heavy atom. The summed E-state index contributed by atoms with van der Waals surface area (Å²) in [4.78, 5) is 27.2. The number of nitrogens with zero attached hydrogens (tertiary/aromatic N) is 1. The normalized spacial score (nSPS) is 18.2. The lowest BCUT2D eigenvalue weighted by Gasteiger charge is -2.24. The van der Waals surface area contributed by atoms with Gasteiger partial charge in [0, 0.05) is 5.56 Å². The summed E-state index contributed by atoms with van der Waals surface area (Å²) in [6, 6.07) is 18.6. The van der Waals surface area contributed by atoms with Crippen LogP contribution in [0.5, 0.6) is 5.75 Å². The molecular formula is C23H19NO5. The summed E-state index contributed by atoms with van der Waals surface area (Å²) >= 11 is 0. The van der Waals surface area contributed by atoms with Crippen molar-refractivity contribution in [1.82, 2.24) is 4.90 Å². The molecule has 6 nitrogen and oxygen atoms in total. The Labute approximate surface area is 167 Å². The number of rotatable bonds is 5. The van der Waals surface area contributed by atoms with E-state index in [2.05, 4.69) is 0 Å². The second kappa shape index (κ2) is 7.67. The van der Waals surface area contributed by atoms with Crippen molar-refractivity contribution < 1.29 is 23.8 Å². The molecule has 0 aliphatic carbocycles. The van der Waals surface area contributed by atoms with Crippen LogP contribution in [0, 0.1) is 0 Å². The van der Waals surface area contributed by atoms with Gasteiger partial charge in [-0.25, -0.2) is 0 Å². The van der Waals surface area contributed by atoms with Gasteiger partial charge in [-0.3, -0.25) is 9.59 Å². The summed E-state index contributed by atoms with van der Waals surface area (Å²) in [5, 5.41) is 11.0. The van der Waals surface area contributed by atoms with Crippen LogP contribution < -0.4 is 4.74 Å². The van der Waals surface area contributed by atoms with E-state index in [1.165, 1.54) is 11.2 Å². The molecule has 4 rings (SSSR count). The fraction of sp³-hybridized carbons (Fsp3) is 0.130. The van der Waals surface area contributed by atoms with Crippen LogP contribution in [0.15, 0.2) is 83.0 Å². The van der Waals surface area contributed by atoms with Crippen LogP contribution in [0.25, 0.3) is 5.76 Å². The smallest absolute Gasteiger partial charge is 0.296 e. The lowest BCUT2D eigenvalue weighted by molar-refractivity contribution is -0.140. The molecule has 146 valence electrons. The minimum atomic E-state index is -0.723. The highest BCUT2D eigenvalue weighted by Crippen LogP contribution is 2.40. The van der Waals surface area contributed by atoms with Crippen LogP contribution in [-0.4, -0.2) is 28.8 Å². The first-order valence-electron chi connectivity index (χ1n) is 9.10. The van der Waals surface area contributed by atoms with Gasteiger partial charge in [0.15, 0.2) is 0 Å².